The number of carbonyl (C=O) groups excluding carboxylic acids is 2. The SMILES string of the molecule is COc1ccc(/C=C(/NC(=O)C(C)(C)C)C(=O)Nc2ccccc2)cc1. The van der Waals surface area contributed by atoms with Gasteiger partial charge < -0.3 is 15.4 Å². The molecule has 2 aromatic rings. The predicted molar refractivity (Wildman–Crippen MR) is 104 cm³/mol. The van der Waals surface area contributed by atoms with Crippen LogP contribution in [0.15, 0.2) is 60.3 Å². The molecule has 0 aliphatic carbocycles. The Morgan fingerprint density at radius 1 is 0.962 bits per heavy atom. The first-order chi connectivity index (χ1) is 12.3. The molecule has 0 aliphatic heterocycles. The zero-order valence-electron chi connectivity index (χ0n) is 15.5. The van der Waals surface area contributed by atoms with Crippen molar-refractivity contribution >= 4 is 23.6 Å². The van der Waals surface area contributed by atoms with Crippen molar-refractivity contribution in [1.29, 1.82) is 0 Å². The van der Waals surface area contributed by atoms with Crippen molar-refractivity contribution in [3.63, 3.8) is 0 Å². The number of para-hydroxylation sites is 1. The lowest BCUT2D eigenvalue weighted by molar-refractivity contribution is -0.128. The Morgan fingerprint density at radius 2 is 1.58 bits per heavy atom. The smallest absolute Gasteiger partial charge is 0.272 e. The molecule has 26 heavy (non-hydrogen) atoms. The standard InChI is InChI=1S/C21H24N2O3/c1-21(2,3)20(25)23-18(14-15-10-12-17(26-4)13-11-15)19(24)22-16-8-6-5-7-9-16/h5-14H,1-4H3,(H,22,24)(H,23,25)/b18-14+. The van der Waals surface area contributed by atoms with Crippen molar-refractivity contribution in [2.24, 2.45) is 5.41 Å². The Bertz CT molecular complexity index is 788. The van der Waals surface area contributed by atoms with E-state index < -0.39 is 5.41 Å². The topological polar surface area (TPSA) is 67.4 Å². The zero-order chi connectivity index (χ0) is 19.2. The van der Waals surface area contributed by atoms with Gasteiger partial charge in [0.1, 0.15) is 11.4 Å². The minimum absolute atomic E-state index is 0.180. The summed E-state index contributed by atoms with van der Waals surface area (Å²) in [7, 11) is 1.59. The van der Waals surface area contributed by atoms with E-state index in [1.54, 1.807) is 58.2 Å². The number of nitrogens with one attached hydrogen (secondary N) is 2. The minimum Gasteiger partial charge on any atom is -0.497 e. The van der Waals surface area contributed by atoms with E-state index in [0.29, 0.717) is 5.69 Å². The Balaban J connectivity index is 2.29. The van der Waals surface area contributed by atoms with Crippen molar-refractivity contribution in [3.05, 3.63) is 65.9 Å². The Labute approximate surface area is 154 Å². The Morgan fingerprint density at radius 3 is 2.12 bits per heavy atom. The normalized spacial score (nSPS) is 11.6. The van der Waals surface area contributed by atoms with E-state index >= 15 is 0 Å². The summed E-state index contributed by atoms with van der Waals surface area (Å²) in [5, 5.41) is 5.53. The third-order valence-corrected chi connectivity index (χ3v) is 3.63. The van der Waals surface area contributed by atoms with Crippen LogP contribution in [0.5, 0.6) is 5.75 Å². The molecule has 2 amide bonds. The van der Waals surface area contributed by atoms with Gasteiger partial charge in [0.05, 0.1) is 7.11 Å². The average Bonchev–Trinajstić information content (AvgIpc) is 2.61. The molecule has 2 N–H and O–H groups in total. The van der Waals surface area contributed by atoms with Gasteiger partial charge in [-0.05, 0) is 35.9 Å². The van der Waals surface area contributed by atoms with Gasteiger partial charge >= 0.3 is 0 Å². The third kappa shape index (κ3) is 5.48. The number of rotatable bonds is 5. The van der Waals surface area contributed by atoms with Gasteiger partial charge in [-0.2, -0.15) is 0 Å². The van der Waals surface area contributed by atoms with E-state index in [4.69, 9.17) is 4.74 Å². The van der Waals surface area contributed by atoms with Crippen LogP contribution in [0.4, 0.5) is 5.69 Å². The highest BCUT2D eigenvalue weighted by atomic mass is 16.5. The summed E-state index contributed by atoms with van der Waals surface area (Å²) in [6, 6.07) is 16.3. The quantitative estimate of drug-likeness (QED) is 0.804. The van der Waals surface area contributed by atoms with Crippen LogP contribution in [-0.4, -0.2) is 18.9 Å². The molecule has 0 aromatic heterocycles. The molecule has 0 aliphatic rings. The predicted octanol–water partition coefficient (Wildman–Crippen LogP) is 3.84. The van der Waals surface area contributed by atoms with Crippen molar-refractivity contribution in [2.75, 3.05) is 12.4 Å². The highest BCUT2D eigenvalue weighted by Crippen LogP contribution is 2.17. The number of benzene rings is 2. The van der Waals surface area contributed by atoms with E-state index in [1.807, 2.05) is 30.3 Å². The van der Waals surface area contributed by atoms with Crippen LogP contribution in [0.3, 0.4) is 0 Å². The fourth-order valence-corrected chi connectivity index (χ4v) is 2.05. The van der Waals surface area contributed by atoms with Gasteiger partial charge in [0.15, 0.2) is 0 Å². The number of anilines is 1. The zero-order valence-corrected chi connectivity index (χ0v) is 15.5. The summed E-state index contributed by atoms with van der Waals surface area (Å²) < 4.78 is 5.14. The molecule has 0 fully saturated rings. The highest BCUT2D eigenvalue weighted by Gasteiger charge is 2.24. The van der Waals surface area contributed by atoms with Crippen LogP contribution in [-0.2, 0) is 9.59 Å². The van der Waals surface area contributed by atoms with Crippen LogP contribution in [0.1, 0.15) is 26.3 Å². The summed E-state index contributed by atoms with van der Waals surface area (Å²) in [6.45, 7) is 5.38. The molecular formula is C21H24N2O3. The molecule has 0 saturated carbocycles. The number of methoxy groups -OCH3 is 1. The van der Waals surface area contributed by atoms with Crippen LogP contribution in [0.25, 0.3) is 6.08 Å². The van der Waals surface area contributed by atoms with Crippen molar-refractivity contribution in [2.45, 2.75) is 20.8 Å². The molecule has 0 saturated heterocycles. The monoisotopic (exact) mass is 352 g/mol. The molecule has 0 spiro atoms. The van der Waals surface area contributed by atoms with E-state index in [0.717, 1.165) is 11.3 Å². The largest absolute Gasteiger partial charge is 0.497 e. The second kappa shape index (κ2) is 8.34. The molecule has 5 heteroatoms. The van der Waals surface area contributed by atoms with E-state index in [1.165, 1.54) is 0 Å². The number of carbonyl (C=O) groups is 2. The van der Waals surface area contributed by atoms with E-state index in [-0.39, 0.29) is 17.5 Å². The maximum absolute atomic E-state index is 12.7. The van der Waals surface area contributed by atoms with Gasteiger partial charge in [0.25, 0.3) is 5.91 Å². The Kier molecular flexibility index (Phi) is 6.17. The van der Waals surface area contributed by atoms with Crippen LogP contribution in [0, 0.1) is 5.41 Å². The summed E-state index contributed by atoms with van der Waals surface area (Å²) in [5.41, 5.74) is 0.992. The third-order valence-electron chi connectivity index (χ3n) is 3.63. The molecule has 136 valence electrons. The number of ether oxygens (including phenoxy) is 1. The van der Waals surface area contributed by atoms with Crippen LogP contribution < -0.4 is 15.4 Å². The minimum atomic E-state index is -0.619. The number of hydrogen-bond donors (Lipinski definition) is 2. The first-order valence-corrected chi connectivity index (χ1v) is 8.33. The fourth-order valence-electron chi connectivity index (χ4n) is 2.05. The molecule has 0 atom stereocenters. The lowest BCUT2D eigenvalue weighted by Gasteiger charge is -2.19. The van der Waals surface area contributed by atoms with Gasteiger partial charge in [-0.3, -0.25) is 9.59 Å². The summed E-state index contributed by atoms with van der Waals surface area (Å²) in [5.74, 6) is 0.0984. The number of hydrogen-bond acceptors (Lipinski definition) is 3. The second-order valence-corrected chi connectivity index (χ2v) is 6.86. The van der Waals surface area contributed by atoms with Crippen molar-refractivity contribution in [1.82, 2.24) is 5.32 Å². The summed E-state index contributed by atoms with van der Waals surface area (Å²) in [6.07, 6.45) is 1.64. The van der Waals surface area contributed by atoms with Crippen molar-refractivity contribution < 1.29 is 14.3 Å². The molecular weight excluding hydrogens is 328 g/mol. The highest BCUT2D eigenvalue weighted by molar-refractivity contribution is 6.09. The van der Waals surface area contributed by atoms with E-state index in [9.17, 15) is 9.59 Å². The van der Waals surface area contributed by atoms with Gasteiger partial charge in [0.2, 0.25) is 5.91 Å². The Hall–Kier alpha value is -3.08. The first kappa shape index (κ1) is 19.2. The summed E-state index contributed by atoms with van der Waals surface area (Å²) in [4.78, 5) is 25.1. The molecule has 5 nitrogen and oxygen atoms in total. The van der Waals surface area contributed by atoms with Crippen LogP contribution in [0.2, 0.25) is 0 Å². The first-order valence-electron chi connectivity index (χ1n) is 8.33. The average molecular weight is 352 g/mol. The maximum atomic E-state index is 12.7. The molecule has 0 unspecified atom stereocenters. The van der Waals surface area contributed by atoms with Crippen molar-refractivity contribution in [3.8, 4) is 5.75 Å². The lowest BCUT2D eigenvalue weighted by atomic mass is 9.95. The molecule has 2 rings (SSSR count). The molecule has 2 aromatic carbocycles. The number of amides is 2. The van der Waals surface area contributed by atoms with Crippen LogP contribution >= 0.6 is 0 Å². The van der Waals surface area contributed by atoms with E-state index in [2.05, 4.69) is 10.6 Å². The van der Waals surface area contributed by atoms with Gasteiger partial charge in [-0.1, -0.05) is 51.1 Å². The summed E-state index contributed by atoms with van der Waals surface area (Å²) >= 11 is 0. The molecule has 0 radical (unpaired) electrons. The maximum Gasteiger partial charge on any atom is 0.272 e. The second-order valence-electron chi connectivity index (χ2n) is 6.86. The fraction of sp³-hybridized carbons (Fsp3) is 0.238. The molecule has 0 heterocycles. The van der Waals surface area contributed by atoms with Gasteiger partial charge in [-0.15, -0.1) is 0 Å². The lowest BCUT2D eigenvalue weighted by Crippen LogP contribution is -2.38. The van der Waals surface area contributed by atoms with Gasteiger partial charge in [-0.25, -0.2) is 0 Å². The van der Waals surface area contributed by atoms with Gasteiger partial charge in [0, 0.05) is 11.1 Å². The molecule has 0 bridgehead atoms.